The second kappa shape index (κ2) is 6.62. The van der Waals surface area contributed by atoms with Gasteiger partial charge in [-0.05, 0) is 36.1 Å². The third-order valence-corrected chi connectivity index (χ3v) is 4.97. The number of nitrogens with one attached hydrogen (secondary N) is 1. The Balaban J connectivity index is 1.61. The monoisotopic (exact) mass is 346 g/mol. The molecule has 126 valence electrons. The van der Waals surface area contributed by atoms with Crippen LogP contribution in [-0.2, 0) is 16.1 Å². The van der Waals surface area contributed by atoms with Gasteiger partial charge in [0.2, 0.25) is 0 Å². The summed E-state index contributed by atoms with van der Waals surface area (Å²) in [6, 6.07) is 10.9. The molecular weight excluding hydrogens is 328 g/mol. The number of aryl methyl sites for hydroxylation is 1. The standard InChI is InChI=1S/C17H18N2O4S/c1-12-7-10-24-14(12)11-18-16(21)23-17(22)8-9-19(15(17)20)13-5-3-2-4-6-13/h2-7,10,22H,8-9,11H2,1H3,(H,18,21)/t17-/m0/s1. The smallest absolute Gasteiger partial charge is 0.407 e. The van der Waals surface area contributed by atoms with Crippen LogP contribution in [0.25, 0.3) is 0 Å². The largest absolute Gasteiger partial charge is 0.410 e. The predicted octanol–water partition coefficient (Wildman–Crippen LogP) is 2.41. The fourth-order valence-electron chi connectivity index (χ4n) is 2.56. The zero-order valence-electron chi connectivity index (χ0n) is 13.2. The lowest BCUT2D eigenvalue weighted by Crippen LogP contribution is -2.46. The molecule has 24 heavy (non-hydrogen) atoms. The molecule has 2 N–H and O–H groups in total. The Morgan fingerprint density at radius 2 is 2.12 bits per heavy atom. The van der Waals surface area contributed by atoms with Gasteiger partial charge in [-0.15, -0.1) is 11.3 Å². The van der Waals surface area contributed by atoms with E-state index >= 15 is 0 Å². The summed E-state index contributed by atoms with van der Waals surface area (Å²) in [5.74, 6) is -2.75. The summed E-state index contributed by atoms with van der Waals surface area (Å²) in [4.78, 5) is 26.8. The minimum atomic E-state index is -2.12. The van der Waals surface area contributed by atoms with E-state index in [-0.39, 0.29) is 13.0 Å². The van der Waals surface area contributed by atoms with Crippen LogP contribution in [0.1, 0.15) is 16.9 Å². The highest BCUT2D eigenvalue weighted by atomic mass is 32.1. The average molecular weight is 346 g/mol. The predicted molar refractivity (Wildman–Crippen MR) is 90.7 cm³/mol. The van der Waals surface area contributed by atoms with Gasteiger partial charge in [-0.3, -0.25) is 4.79 Å². The fourth-order valence-corrected chi connectivity index (χ4v) is 3.40. The number of anilines is 1. The molecule has 1 aliphatic heterocycles. The molecule has 1 saturated heterocycles. The van der Waals surface area contributed by atoms with E-state index in [1.54, 1.807) is 24.3 Å². The molecule has 1 aromatic heterocycles. The number of rotatable bonds is 4. The van der Waals surface area contributed by atoms with Crippen molar-refractivity contribution in [3.05, 3.63) is 52.2 Å². The van der Waals surface area contributed by atoms with Crippen molar-refractivity contribution in [1.29, 1.82) is 0 Å². The number of carbonyl (C=O) groups is 2. The highest BCUT2D eigenvalue weighted by molar-refractivity contribution is 7.10. The van der Waals surface area contributed by atoms with Crippen molar-refractivity contribution in [2.45, 2.75) is 25.7 Å². The molecule has 3 rings (SSSR count). The van der Waals surface area contributed by atoms with Crippen LogP contribution in [0.15, 0.2) is 41.8 Å². The molecule has 1 atom stereocenters. The van der Waals surface area contributed by atoms with Gasteiger partial charge in [0, 0.05) is 23.5 Å². The van der Waals surface area contributed by atoms with E-state index in [1.807, 2.05) is 24.4 Å². The number of ether oxygens (including phenoxy) is 1. The first-order chi connectivity index (χ1) is 11.5. The Morgan fingerprint density at radius 3 is 2.79 bits per heavy atom. The minimum Gasteiger partial charge on any atom is -0.407 e. The summed E-state index contributed by atoms with van der Waals surface area (Å²) in [5, 5.41) is 14.9. The average Bonchev–Trinajstić information content (AvgIpc) is 3.10. The number of aliphatic hydroxyl groups is 1. The third-order valence-electron chi connectivity index (χ3n) is 3.94. The van der Waals surface area contributed by atoms with Gasteiger partial charge >= 0.3 is 6.09 Å². The molecule has 6 nitrogen and oxygen atoms in total. The summed E-state index contributed by atoms with van der Waals surface area (Å²) >= 11 is 1.52. The van der Waals surface area contributed by atoms with E-state index in [0.29, 0.717) is 12.2 Å². The lowest BCUT2D eigenvalue weighted by molar-refractivity contribution is -0.175. The highest BCUT2D eigenvalue weighted by Crippen LogP contribution is 2.29. The van der Waals surface area contributed by atoms with Crippen molar-refractivity contribution in [3.63, 3.8) is 0 Å². The molecule has 1 fully saturated rings. The number of amides is 2. The number of alkyl carbamates (subject to hydrolysis) is 1. The molecule has 7 heteroatoms. The molecule has 0 bridgehead atoms. The van der Waals surface area contributed by atoms with E-state index in [4.69, 9.17) is 4.74 Å². The molecule has 1 aromatic carbocycles. The Hall–Kier alpha value is -2.38. The number of hydrogen-bond acceptors (Lipinski definition) is 5. The van der Waals surface area contributed by atoms with Gasteiger partial charge in [-0.1, -0.05) is 18.2 Å². The Morgan fingerprint density at radius 1 is 1.38 bits per heavy atom. The maximum absolute atomic E-state index is 12.4. The van der Waals surface area contributed by atoms with Crippen LogP contribution in [0.4, 0.5) is 10.5 Å². The van der Waals surface area contributed by atoms with Crippen LogP contribution in [0.5, 0.6) is 0 Å². The van der Waals surface area contributed by atoms with Gasteiger partial charge in [0.25, 0.3) is 11.7 Å². The lowest BCUT2D eigenvalue weighted by Gasteiger charge is -2.22. The second-order valence-electron chi connectivity index (χ2n) is 5.60. The van der Waals surface area contributed by atoms with Gasteiger partial charge < -0.3 is 20.1 Å². The SMILES string of the molecule is Cc1ccsc1CNC(=O)O[C@@]1(O)CCN(c2ccccc2)C1=O. The van der Waals surface area contributed by atoms with Gasteiger partial charge in [0.05, 0.1) is 6.54 Å². The molecule has 2 heterocycles. The first kappa shape index (κ1) is 16.5. The summed E-state index contributed by atoms with van der Waals surface area (Å²) in [6.07, 6.45) is -0.778. The minimum absolute atomic E-state index is 0.0339. The molecule has 0 spiro atoms. The van der Waals surface area contributed by atoms with Crippen molar-refractivity contribution in [2.75, 3.05) is 11.4 Å². The number of thiophene rings is 1. The van der Waals surface area contributed by atoms with Crippen molar-refractivity contribution in [3.8, 4) is 0 Å². The first-order valence-corrected chi connectivity index (χ1v) is 8.47. The molecule has 0 radical (unpaired) electrons. The van der Waals surface area contributed by atoms with Crippen molar-refractivity contribution < 1.29 is 19.4 Å². The van der Waals surface area contributed by atoms with Gasteiger partial charge in [0.15, 0.2) is 0 Å². The van der Waals surface area contributed by atoms with Crippen LogP contribution in [-0.4, -0.2) is 29.4 Å². The van der Waals surface area contributed by atoms with Gasteiger partial charge in [-0.2, -0.15) is 0 Å². The Kier molecular flexibility index (Phi) is 4.55. The van der Waals surface area contributed by atoms with Crippen molar-refractivity contribution >= 4 is 29.0 Å². The number of hydrogen-bond donors (Lipinski definition) is 2. The van der Waals surface area contributed by atoms with E-state index in [9.17, 15) is 14.7 Å². The zero-order chi connectivity index (χ0) is 17.2. The molecular formula is C17H18N2O4S. The topological polar surface area (TPSA) is 78.9 Å². The van der Waals surface area contributed by atoms with E-state index in [2.05, 4.69) is 5.32 Å². The van der Waals surface area contributed by atoms with Crippen LogP contribution < -0.4 is 10.2 Å². The zero-order valence-corrected chi connectivity index (χ0v) is 14.0. The molecule has 0 aliphatic carbocycles. The fraction of sp³-hybridized carbons (Fsp3) is 0.294. The molecule has 2 aromatic rings. The normalized spacial score (nSPS) is 20.2. The van der Waals surface area contributed by atoms with Crippen LogP contribution >= 0.6 is 11.3 Å². The summed E-state index contributed by atoms with van der Waals surface area (Å²) < 4.78 is 5.02. The summed E-state index contributed by atoms with van der Waals surface area (Å²) in [5.41, 5.74) is 1.74. The highest BCUT2D eigenvalue weighted by Gasteiger charge is 2.49. The molecule has 2 amide bonds. The number of carbonyl (C=O) groups excluding carboxylic acids is 2. The van der Waals surface area contributed by atoms with Gasteiger partial charge in [-0.25, -0.2) is 4.79 Å². The number of para-hydroxylation sites is 1. The second-order valence-corrected chi connectivity index (χ2v) is 6.60. The summed E-state index contributed by atoms with van der Waals surface area (Å²) in [7, 11) is 0. The molecule has 1 aliphatic rings. The van der Waals surface area contributed by atoms with E-state index < -0.39 is 17.8 Å². The third kappa shape index (κ3) is 3.27. The first-order valence-electron chi connectivity index (χ1n) is 7.59. The molecule has 0 unspecified atom stereocenters. The Bertz CT molecular complexity index is 746. The maximum Gasteiger partial charge on any atom is 0.410 e. The van der Waals surface area contributed by atoms with Crippen LogP contribution in [0.3, 0.4) is 0 Å². The number of benzene rings is 1. The molecule has 0 saturated carbocycles. The van der Waals surface area contributed by atoms with E-state index in [0.717, 1.165) is 10.4 Å². The quantitative estimate of drug-likeness (QED) is 0.833. The summed E-state index contributed by atoms with van der Waals surface area (Å²) in [6.45, 7) is 2.54. The Labute approximate surface area is 143 Å². The van der Waals surface area contributed by atoms with Crippen molar-refractivity contribution in [2.24, 2.45) is 0 Å². The van der Waals surface area contributed by atoms with Crippen molar-refractivity contribution in [1.82, 2.24) is 5.32 Å². The van der Waals surface area contributed by atoms with E-state index in [1.165, 1.54) is 16.2 Å². The lowest BCUT2D eigenvalue weighted by atomic mass is 10.2. The van der Waals surface area contributed by atoms with Gasteiger partial charge in [0.1, 0.15) is 0 Å². The van der Waals surface area contributed by atoms with Crippen LogP contribution in [0.2, 0.25) is 0 Å². The maximum atomic E-state index is 12.4. The van der Waals surface area contributed by atoms with Crippen LogP contribution in [0, 0.1) is 6.92 Å². The number of nitrogens with zero attached hydrogens (tertiary/aromatic N) is 1.